The van der Waals surface area contributed by atoms with E-state index in [1.54, 1.807) is 4.90 Å². The van der Waals surface area contributed by atoms with Gasteiger partial charge in [0.25, 0.3) is 0 Å². The molecule has 0 unspecified atom stereocenters. The van der Waals surface area contributed by atoms with E-state index in [0.717, 1.165) is 45.0 Å². The second-order valence-corrected chi connectivity index (χ2v) is 13.9. The summed E-state index contributed by atoms with van der Waals surface area (Å²) in [5, 5.41) is 0. The van der Waals surface area contributed by atoms with Gasteiger partial charge in [-0.1, -0.05) is 0 Å². The highest BCUT2D eigenvalue weighted by atomic mass is 32.2. The zero-order valence-corrected chi connectivity index (χ0v) is 25.8. The summed E-state index contributed by atoms with van der Waals surface area (Å²) < 4.78 is 58.6. The number of nitrogens with zero attached hydrogens (tertiary/aromatic N) is 5. The van der Waals surface area contributed by atoms with Gasteiger partial charge in [0.2, 0.25) is 15.9 Å². The van der Waals surface area contributed by atoms with E-state index in [9.17, 15) is 26.8 Å². The molecule has 13 heteroatoms. The molecule has 42 heavy (non-hydrogen) atoms. The Balaban J connectivity index is 1.27. The van der Waals surface area contributed by atoms with Crippen LogP contribution in [0.4, 0.5) is 13.6 Å². The van der Waals surface area contributed by atoms with E-state index < -0.39 is 21.7 Å². The minimum atomic E-state index is -3.26. The zero-order chi connectivity index (χ0) is 30.4. The lowest BCUT2D eigenvalue weighted by Crippen LogP contribution is -2.53. The van der Waals surface area contributed by atoms with E-state index in [-0.39, 0.29) is 29.9 Å². The molecular formula is C29H45F2N5O5S. The van der Waals surface area contributed by atoms with Crippen LogP contribution in [-0.4, -0.2) is 136 Å². The Hall–Kier alpha value is -2.35. The largest absolute Gasteiger partial charge is 0.453 e. The van der Waals surface area contributed by atoms with Crippen LogP contribution >= 0.6 is 0 Å². The molecule has 0 saturated carbocycles. The van der Waals surface area contributed by atoms with Gasteiger partial charge in [-0.05, 0) is 68.2 Å². The molecule has 3 saturated heterocycles. The van der Waals surface area contributed by atoms with Crippen LogP contribution < -0.4 is 0 Å². The maximum absolute atomic E-state index is 14.2. The monoisotopic (exact) mass is 613 g/mol. The molecule has 3 heterocycles. The molecule has 0 bridgehead atoms. The van der Waals surface area contributed by atoms with Crippen molar-refractivity contribution >= 4 is 22.0 Å². The topological polar surface area (TPSA) is 93.7 Å². The van der Waals surface area contributed by atoms with Gasteiger partial charge in [0, 0.05) is 71.5 Å². The van der Waals surface area contributed by atoms with E-state index in [0.29, 0.717) is 64.2 Å². The number of piperazine rings is 1. The minimum Gasteiger partial charge on any atom is -0.453 e. The first-order valence-electron chi connectivity index (χ1n) is 14.9. The fraction of sp³-hybridized carbons (Fsp3) is 0.724. The highest BCUT2D eigenvalue weighted by molar-refractivity contribution is 7.88. The van der Waals surface area contributed by atoms with Gasteiger partial charge >= 0.3 is 6.09 Å². The Morgan fingerprint density at radius 1 is 0.929 bits per heavy atom. The number of hydrogen-bond acceptors (Lipinski definition) is 7. The molecule has 0 N–H and O–H groups in total. The molecule has 0 aromatic heterocycles. The first-order chi connectivity index (χ1) is 19.9. The number of methoxy groups -OCH3 is 1. The van der Waals surface area contributed by atoms with Gasteiger partial charge in [0.05, 0.1) is 19.9 Å². The quantitative estimate of drug-likeness (QED) is 0.423. The molecular weight excluding hydrogens is 568 g/mol. The smallest absolute Gasteiger partial charge is 0.409 e. The van der Waals surface area contributed by atoms with Crippen LogP contribution in [0.25, 0.3) is 0 Å². The summed E-state index contributed by atoms with van der Waals surface area (Å²) in [6.07, 6.45) is 4.62. The van der Waals surface area contributed by atoms with Crippen molar-refractivity contribution < 1.29 is 31.5 Å². The number of amides is 2. The van der Waals surface area contributed by atoms with Crippen LogP contribution in [0.2, 0.25) is 0 Å². The molecule has 3 fully saturated rings. The van der Waals surface area contributed by atoms with Crippen LogP contribution in [-0.2, 0) is 19.6 Å². The van der Waals surface area contributed by atoms with Crippen molar-refractivity contribution in [2.75, 3.05) is 85.9 Å². The average Bonchev–Trinajstić information content (AvgIpc) is 2.96. The first-order valence-corrected chi connectivity index (χ1v) is 16.7. The van der Waals surface area contributed by atoms with E-state index in [1.807, 2.05) is 11.9 Å². The predicted octanol–water partition coefficient (Wildman–Crippen LogP) is 2.42. The highest BCUT2D eigenvalue weighted by Crippen LogP contribution is 2.37. The Morgan fingerprint density at radius 2 is 1.52 bits per heavy atom. The summed E-state index contributed by atoms with van der Waals surface area (Å²) in [4.78, 5) is 32.6. The Labute approximate surface area is 248 Å². The third-order valence-electron chi connectivity index (χ3n) is 9.27. The molecule has 2 amide bonds. The molecule has 0 aliphatic carbocycles. The minimum absolute atomic E-state index is 0.0708. The van der Waals surface area contributed by atoms with E-state index in [1.165, 1.54) is 29.8 Å². The third kappa shape index (κ3) is 8.61. The highest BCUT2D eigenvalue weighted by Gasteiger charge is 2.33. The van der Waals surface area contributed by atoms with E-state index >= 15 is 0 Å². The Kier molecular flexibility index (Phi) is 11.2. The summed E-state index contributed by atoms with van der Waals surface area (Å²) >= 11 is 0. The van der Waals surface area contributed by atoms with Crippen molar-refractivity contribution in [3.8, 4) is 0 Å². The number of ether oxygens (including phenoxy) is 1. The molecule has 0 spiro atoms. The summed E-state index contributed by atoms with van der Waals surface area (Å²) in [5.74, 6) is -1.04. The van der Waals surface area contributed by atoms with E-state index in [2.05, 4.69) is 9.80 Å². The van der Waals surface area contributed by atoms with Crippen molar-refractivity contribution in [1.29, 1.82) is 0 Å². The number of carbonyl (C=O) groups is 2. The Bertz CT molecular complexity index is 1160. The number of sulfonamides is 1. The maximum Gasteiger partial charge on any atom is 0.409 e. The van der Waals surface area contributed by atoms with Crippen molar-refractivity contribution in [3.63, 3.8) is 0 Å². The number of halogens is 2. The number of rotatable bonds is 9. The van der Waals surface area contributed by atoms with Gasteiger partial charge in [0.1, 0.15) is 11.6 Å². The fourth-order valence-electron chi connectivity index (χ4n) is 6.65. The molecule has 10 nitrogen and oxygen atoms in total. The lowest BCUT2D eigenvalue weighted by atomic mass is 9.78. The normalized spacial score (nSPS) is 21.3. The molecule has 1 aromatic rings. The average molecular weight is 614 g/mol. The predicted molar refractivity (Wildman–Crippen MR) is 156 cm³/mol. The number of benzene rings is 1. The number of likely N-dealkylation sites (tertiary alicyclic amines) is 1. The lowest BCUT2D eigenvalue weighted by Gasteiger charge is -2.40. The van der Waals surface area contributed by atoms with E-state index in [4.69, 9.17) is 4.74 Å². The van der Waals surface area contributed by atoms with Crippen LogP contribution in [0.15, 0.2) is 18.2 Å². The third-order valence-corrected chi connectivity index (χ3v) is 10.6. The molecule has 4 rings (SSSR count). The number of piperidine rings is 2. The van der Waals surface area contributed by atoms with Crippen molar-refractivity contribution in [2.24, 2.45) is 5.92 Å². The van der Waals surface area contributed by atoms with Crippen LogP contribution in [0.1, 0.15) is 43.6 Å². The summed E-state index contributed by atoms with van der Waals surface area (Å²) in [5.41, 5.74) is 0.637. The van der Waals surface area contributed by atoms with Crippen LogP contribution in [0, 0.1) is 17.6 Å². The summed E-state index contributed by atoms with van der Waals surface area (Å²) in [7, 11) is -0.0242. The fourth-order valence-corrected chi connectivity index (χ4v) is 7.52. The second kappa shape index (κ2) is 14.4. The molecule has 1 atom stereocenters. The number of carbonyl (C=O) groups excluding carboxylic acids is 2. The van der Waals surface area contributed by atoms with Gasteiger partial charge < -0.3 is 19.4 Å². The maximum atomic E-state index is 14.2. The van der Waals surface area contributed by atoms with Gasteiger partial charge in [-0.2, -0.15) is 0 Å². The van der Waals surface area contributed by atoms with Gasteiger partial charge in [-0.15, -0.1) is 0 Å². The first kappa shape index (κ1) is 32.6. The molecule has 3 aliphatic rings. The summed E-state index contributed by atoms with van der Waals surface area (Å²) in [6, 6.07) is 3.87. The standard InChI is InChI=1S/C29H45F2N5O5S/c1-32(28(37)21-34-14-16-35(17-15-34)29(38)41-2)26-6-9-33(10-7-26)11-8-27(23-18-24(30)20-25(31)19-23)22-4-12-36(13-5-22)42(3,39)40/h18-20,22,26-27H,4-17,21H2,1-3H3/t27-/m1/s1. The van der Waals surface area contributed by atoms with Gasteiger partial charge in [-0.25, -0.2) is 26.3 Å². The number of hydrogen-bond donors (Lipinski definition) is 0. The SMILES string of the molecule is COC(=O)N1CCN(CC(=O)N(C)C2CCN(CC[C@@H](c3cc(F)cc(F)c3)C3CCN(S(C)(=O)=O)CC3)CC2)CC1. The number of likely N-dealkylation sites (N-methyl/N-ethyl adjacent to an activating group) is 1. The van der Waals surface area contributed by atoms with Crippen molar-refractivity contribution in [1.82, 2.24) is 23.9 Å². The zero-order valence-electron chi connectivity index (χ0n) is 25.0. The van der Waals surface area contributed by atoms with Gasteiger partial charge in [-0.3, -0.25) is 9.69 Å². The molecule has 3 aliphatic heterocycles. The molecule has 236 valence electrons. The van der Waals surface area contributed by atoms with Crippen LogP contribution in [0.3, 0.4) is 0 Å². The lowest BCUT2D eigenvalue weighted by molar-refractivity contribution is -0.134. The molecule has 0 radical (unpaired) electrons. The van der Waals surface area contributed by atoms with Crippen molar-refractivity contribution in [2.45, 2.75) is 44.1 Å². The Morgan fingerprint density at radius 3 is 2.07 bits per heavy atom. The van der Waals surface area contributed by atoms with Crippen LogP contribution in [0.5, 0.6) is 0 Å². The molecule has 1 aromatic carbocycles. The summed E-state index contributed by atoms with van der Waals surface area (Å²) in [6.45, 7) is 5.96. The second-order valence-electron chi connectivity index (χ2n) is 11.9. The van der Waals surface area contributed by atoms with Gasteiger partial charge in [0.15, 0.2) is 0 Å². The van der Waals surface area contributed by atoms with Crippen molar-refractivity contribution in [3.05, 3.63) is 35.4 Å².